The molecule has 1 heterocycles. The predicted molar refractivity (Wildman–Crippen MR) is 97.9 cm³/mol. The minimum atomic E-state index is -3.64. The van der Waals surface area contributed by atoms with Gasteiger partial charge in [0.05, 0.1) is 4.90 Å². The molecule has 2 aromatic carbocycles. The number of fused-ring (bicyclic) bond motifs is 1. The maximum Gasteiger partial charge on any atom is 0.241 e. The number of nitrogens with one attached hydrogen (secondary N) is 1. The SMILES string of the molecule is CC(=O)N1c2ccc(S(=O)(=O)NC(C)c3ccccc3)cc2CC1C. The van der Waals surface area contributed by atoms with Crippen LogP contribution in [0.3, 0.4) is 0 Å². The molecule has 132 valence electrons. The molecule has 0 aliphatic carbocycles. The van der Waals surface area contributed by atoms with E-state index >= 15 is 0 Å². The van der Waals surface area contributed by atoms with E-state index in [0.29, 0.717) is 6.42 Å². The lowest BCUT2D eigenvalue weighted by Gasteiger charge is -2.20. The van der Waals surface area contributed by atoms with Crippen molar-refractivity contribution in [2.24, 2.45) is 0 Å². The number of nitrogens with zero attached hydrogens (tertiary/aromatic N) is 1. The van der Waals surface area contributed by atoms with Gasteiger partial charge in [-0.15, -0.1) is 0 Å². The second kappa shape index (κ2) is 6.61. The third kappa shape index (κ3) is 3.45. The molecular weight excluding hydrogens is 336 g/mol. The zero-order chi connectivity index (χ0) is 18.2. The summed E-state index contributed by atoms with van der Waals surface area (Å²) in [4.78, 5) is 13.7. The molecule has 0 radical (unpaired) electrons. The second-order valence-corrected chi connectivity index (χ2v) is 8.20. The molecule has 0 fully saturated rings. The van der Waals surface area contributed by atoms with Crippen LogP contribution in [0.1, 0.15) is 37.9 Å². The highest BCUT2D eigenvalue weighted by atomic mass is 32.2. The number of sulfonamides is 1. The van der Waals surface area contributed by atoms with Crippen molar-refractivity contribution in [3.8, 4) is 0 Å². The number of anilines is 1. The Bertz CT molecular complexity index is 894. The van der Waals surface area contributed by atoms with Gasteiger partial charge in [0.15, 0.2) is 0 Å². The van der Waals surface area contributed by atoms with Crippen LogP contribution in [0.4, 0.5) is 5.69 Å². The van der Waals surface area contributed by atoms with Crippen molar-refractivity contribution in [2.75, 3.05) is 4.90 Å². The molecule has 0 spiro atoms. The fraction of sp³-hybridized carbons (Fsp3) is 0.316. The molecule has 5 nitrogen and oxygen atoms in total. The number of carbonyl (C=O) groups is 1. The first kappa shape index (κ1) is 17.6. The zero-order valence-electron chi connectivity index (χ0n) is 14.6. The molecule has 25 heavy (non-hydrogen) atoms. The largest absolute Gasteiger partial charge is 0.309 e. The minimum absolute atomic E-state index is 0.0299. The van der Waals surface area contributed by atoms with Crippen LogP contribution in [0.2, 0.25) is 0 Å². The van der Waals surface area contributed by atoms with Crippen LogP contribution in [0.15, 0.2) is 53.4 Å². The Hall–Kier alpha value is -2.18. The van der Waals surface area contributed by atoms with Gasteiger partial charge in [0, 0.05) is 24.7 Å². The minimum Gasteiger partial charge on any atom is -0.309 e. The van der Waals surface area contributed by atoms with Crippen LogP contribution in [0.5, 0.6) is 0 Å². The normalized spacial score (nSPS) is 18.0. The summed E-state index contributed by atoms with van der Waals surface area (Å²) in [5.74, 6) is -0.0299. The van der Waals surface area contributed by atoms with E-state index in [-0.39, 0.29) is 22.9 Å². The summed E-state index contributed by atoms with van der Waals surface area (Å²) in [6, 6.07) is 14.1. The Morgan fingerprint density at radius 3 is 2.52 bits per heavy atom. The van der Waals surface area contributed by atoms with Crippen LogP contribution < -0.4 is 9.62 Å². The molecule has 1 aliphatic rings. The van der Waals surface area contributed by atoms with Crippen molar-refractivity contribution in [2.45, 2.75) is 44.2 Å². The average molecular weight is 358 g/mol. The van der Waals surface area contributed by atoms with E-state index in [1.807, 2.05) is 44.2 Å². The number of rotatable bonds is 4. The standard InChI is InChI=1S/C19H22N2O3S/c1-13-11-17-12-18(9-10-19(17)21(13)15(3)22)25(23,24)20-14(2)16-7-5-4-6-8-16/h4-10,12-14,20H,11H2,1-3H3. The van der Waals surface area contributed by atoms with Crippen molar-refractivity contribution >= 4 is 21.6 Å². The smallest absolute Gasteiger partial charge is 0.241 e. The lowest BCUT2D eigenvalue weighted by molar-refractivity contribution is -0.116. The first-order chi connectivity index (χ1) is 11.8. The topological polar surface area (TPSA) is 66.5 Å². The van der Waals surface area contributed by atoms with Gasteiger partial charge in [-0.3, -0.25) is 4.79 Å². The molecule has 0 aromatic heterocycles. The summed E-state index contributed by atoms with van der Waals surface area (Å²) in [5, 5.41) is 0. The van der Waals surface area contributed by atoms with E-state index in [0.717, 1.165) is 16.8 Å². The molecule has 1 N–H and O–H groups in total. The molecule has 6 heteroatoms. The van der Waals surface area contributed by atoms with Crippen molar-refractivity contribution in [3.63, 3.8) is 0 Å². The number of hydrogen-bond acceptors (Lipinski definition) is 3. The lowest BCUT2D eigenvalue weighted by Crippen LogP contribution is -2.33. The van der Waals surface area contributed by atoms with Gasteiger partial charge >= 0.3 is 0 Å². The molecular formula is C19H22N2O3S. The first-order valence-electron chi connectivity index (χ1n) is 8.29. The summed E-state index contributed by atoms with van der Waals surface area (Å²) >= 11 is 0. The van der Waals surface area contributed by atoms with E-state index in [1.54, 1.807) is 23.1 Å². The van der Waals surface area contributed by atoms with Gasteiger partial charge < -0.3 is 4.90 Å². The molecule has 2 unspecified atom stereocenters. The maximum absolute atomic E-state index is 12.7. The van der Waals surface area contributed by atoms with Gasteiger partial charge in [-0.25, -0.2) is 13.1 Å². The fourth-order valence-corrected chi connectivity index (χ4v) is 4.65. The third-order valence-electron chi connectivity index (χ3n) is 4.55. The summed E-state index contributed by atoms with van der Waals surface area (Å²) in [6.45, 7) is 5.31. The molecule has 3 rings (SSSR count). The summed E-state index contributed by atoms with van der Waals surface area (Å²) in [6.07, 6.45) is 0.659. The Labute approximate surface area is 148 Å². The Morgan fingerprint density at radius 1 is 1.20 bits per heavy atom. The van der Waals surface area contributed by atoms with E-state index in [2.05, 4.69) is 4.72 Å². The van der Waals surface area contributed by atoms with Crippen LogP contribution in [0, 0.1) is 0 Å². The van der Waals surface area contributed by atoms with Crippen LogP contribution in [0.25, 0.3) is 0 Å². The van der Waals surface area contributed by atoms with Gasteiger partial charge in [0.1, 0.15) is 0 Å². The van der Waals surface area contributed by atoms with Crippen molar-refractivity contribution in [1.29, 1.82) is 0 Å². The zero-order valence-corrected chi connectivity index (χ0v) is 15.4. The highest BCUT2D eigenvalue weighted by Crippen LogP contribution is 2.34. The number of hydrogen-bond donors (Lipinski definition) is 1. The first-order valence-corrected chi connectivity index (χ1v) is 9.78. The summed E-state index contributed by atoms with van der Waals surface area (Å²) in [5.41, 5.74) is 2.59. The van der Waals surface area contributed by atoms with Crippen molar-refractivity contribution < 1.29 is 13.2 Å². The average Bonchev–Trinajstić information content (AvgIpc) is 2.90. The summed E-state index contributed by atoms with van der Waals surface area (Å²) in [7, 11) is -3.64. The van der Waals surface area contributed by atoms with Crippen molar-refractivity contribution in [3.05, 3.63) is 59.7 Å². The predicted octanol–water partition coefficient (Wildman–Crippen LogP) is 3.02. The van der Waals surface area contributed by atoms with Gasteiger partial charge in [-0.2, -0.15) is 0 Å². The lowest BCUT2D eigenvalue weighted by atomic mass is 10.1. The Kier molecular flexibility index (Phi) is 4.67. The molecule has 1 aliphatic heterocycles. The van der Waals surface area contributed by atoms with E-state index in [1.165, 1.54) is 6.92 Å². The maximum atomic E-state index is 12.7. The highest BCUT2D eigenvalue weighted by molar-refractivity contribution is 7.89. The molecule has 0 saturated heterocycles. The van der Waals surface area contributed by atoms with Gasteiger partial charge in [0.25, 0.3) is 0 Å². The van der Waals surface area contributed by atoms with Crippen LogP contribution >= 0.6 is 0 Å². The van der Waals surface area contributed by atoms with Gasteiger partial charge in [0.2, 0.25) is 15.9 Å². The molecule has 1 amide bonds. The molecule has 0 saturated carbocycles. The quantitative estimate of drug-likeness (QED) is 0.913. The number of carbonyl (C=O) groups excluding carboxylic acids is 1. The van der Waals surface area contributed by atoms with Crippen LogP contribution in [-0.4, -0.2) is 20.4 Å². The highest BCUT2D eigenvalue weighted by Gasteiger charge is 2.30. The van der Waals surface area contributed by atoms with E-state index in [9.17, 15) is 13.2 Å². The number of benzene rings is 2. The fourth-order valence-electron chi connectivity index (χ4n) is 3.37. The van der Waals surface area contributed by atoms with Crippen molar-refractivity contribution in [1.82, 2.24) is 4.72 Å². The molecule has 2 atom stereocenters. The van der Waals surface area contributed by atoms with Gasteiger partial charge in [-0.1, -0.05) is 30.3 Å². The van der Waals surface area contributed by atoms with E-state index in [4.69, 9.17) is 0 Å². The Morgan fingerprint density at radius 2 is 1.88 bits per heavy atom. The third-order valence-corrected chi connectivity index (χ3v) is 6.09. The second-order valence-electron chi connectivity index (χ2n) is 6.49. The molecule has 0 bridgehead atoms. The van der Waals surface area contributed by atoms with Crippen LogP contribution in [-0.2, 0) is 21.2 Å². The monoisotopic (exact) mass is 358 g/mol. The summed E-state index contributed by atoms with van der Waals surface area (Å²) < 4.78 is 28.2. The van der Waals surface area contributed by atoms with E-state index < -0.39 is 10.0 Å². The Balaban J connectivity index is 1.87. The van der Waals surface area contributed by atoms with Gasteiger partial charge in [-0.05, 0) is 49.6 Å². The number of amides is 1. The molecule has 2 aromatic rings.